The van der Waals surface area contributed by atoms with Gasteiger partial charge in [-0.1, -0.05) is 0 Å². The van der Waals surface area contributed by atoms with Crippen molar-refractivity contribution in [1.82, 2.24) is 20.4 Å². The Morgan fingerprint density at radius 3 is 1.09 bits per heavy atom. The van der Waals surface area contributed by atoms with Crippen molar-refractivity contribution in [3.8, 4) is 0 Å². The first-order valence-corrected chi connectivity index (χ1v) is 20.1. The third-order valence-electron chi connectivity index (χ3n) is 10.5. The number of hydrogen-bond acceptors (Lipinski definition) is 21. The summed E-state index contributed by atoms with van der Waals surface area (Å²) in [7, 11) is 6.66. The largest absolute Gasteiger partial charge is 0.503 e. The lowest BCUT2D eigenvalue weighted by atomic mass is 9.83. The van der Waals surface area contributed by atoms with Crippen LogP contribution in [0.2, 0.25) is 0 Å². The van der Waals surface area contributed by atoms with Gasteiger partial charge in [-0.3, -0.25) is 9.59 Å². The summed E-state index contributed by atoms with van der Waals surface area (Å²) in [5, 5.41) is 90.1. The molecule has 16 unspecified atom stereocenters. The van der Waals surface area contributed by atoms with Crippen LogP contribution in [0.4, 0.5) is 14.4 Å². The summed E-state index contributed by atoms with van der Waals surface area (Å²) in [6, 6.07) is -3.61. The molecule has 2 aliphatic heterocycles. The summed E-state index contributed by atoms with van der Waals surface area (Å²) in [5.41, 5.74) is 35.2. The van der Waals surface area contributed by atoms with E-state index >= 15 is 0 Å². The Labute approximate surface area is 369 Å². The summed E-state index contributed by atoms with van der Waals surface area (Å²) < 4.78 is 23.7. The Morgan fingerprint density at radius 1 is 0.562 bits per heavy atom. The van der Waals surface area contributed by atoms with E-state index in [1.54, 1.807) is 0 Å². The van der Waals surface area contributed by atoms with Crippen LogP contribution in [-0.4, -0.2) is 243 Å². The van der Waals surface area contributed by atoms with Crippen LogP contribution >= 0.6 is 0 Å². The molecule has 376 valence electrons. The minimum absolute atomic E-state index is 0.0374. The molecular weight excluding hydrogens is 864 g/mol. The zero-order chi connectivity index (χ0) is 49.6. The first kappa shape index (κ1) is 60.1. The first-order chi connectivity index (χ1) is 29.8. The molecule has 0 aromatic rings. The minimum atomic E-state index is -1.83. The number of nitrogens with one attached hydrogen (secondary N) is 2. The van der Waals surface area contributed by atoms with E-state index in [-0.39, 0.29) is 62.0 Å². The Morgan fingerprint density at radius 2 is 0.844 bits per heavy atom. The second-order valence-electron chi connectivity index (χ2n) is 15.2. The van der Waals surface area contributed by atoms with Crippen LogP contribution in [0.3, 0.4) is 0 Å². The predicted molar refractivity (Wildman–Crippen MR) is 222 cm³/mol. The molecule has 2 saturated carbocycles. The van der Waals surface area contributed by atoms with E-state index in [9.17, 15) is 30.0 Å². The van der Waals surface area contributed by atoms with E-state index in [1.165, 1.54) is 23.9 Å². The molecule has 29 nitrogen and oxygen atoms in total. The number of carbonyl (C=O) groups is 5. The van der Waals surface area contributed by atoms with Gasteiger partial charge in [0, 0.05) is 39.3 Å². The molecule has 29 heteroatoms. The second kappa shape index (κ2) is 30.3. The van der Waals surface area contributed by atoms with Gasteiger partial charge in [0.15, 0.2) is 12.6 Å². The highest BCUT2D eigenvalue weighted by molar-refractivity contribution is 5.78. The maximum absolute atomic E-state index is 11.9. The van der Waals surface area contributed by atoms with E-state index in [0.717, 1.165) is 25.7 Å². The van der Waals surface area contributed by atoms with Crippen LogP contribution in [0.25, 0.3) is 0 Å². The normalized spacial score (nSPS) is 34.5. The fourth-order valence-electron chi connectivity index (χ4n) is 7.49. The molecule has 0 radical (unpaired) electrons. The van der Waals surface area contributed by atoms with E-state index in [2.05, 4.69) is 10.6 Å². The highest BCUT2D eigenvalue weighted by Crippen LogP contribution is 2.31. The molecule has 2 aliphatic carbocycles. The van der Waals surface area contributed by atoms with Crippen molar-refractivity contribution in [2.24, 2.45) is 34.4 Å². The predicted octanol–water partition coefficient (Wildman–Crippen LogP) is -6.01. The lowest BCUT2D eigenvalue weighted by molar-refractivity contribution is -0.253. The van der Waals surface area contributed by atoms with Crippen molar-refractivity contribution >= 4 is 30.3 Å². The van der Waals surface area contributed by atoms with Crippen LogP contribution in [-0.2, 0) is 28.5 Å². The zero-order valence-electron chi connectivity index (χ0n) is 36.3. The molecule has 0 bridgehead atoms. The fourth-order valence-corrected chi connectivity index (χ4v) is 7.49. The van der Waals surface area contributed by atoms with Crippen molar-refractivity contribution in [3.05, 3.63) is 0 Å². The average molecular weight is 937 g/mol. The summed E-state index contributed by atoms with van der Waals surface area (Å²) in [6.45, 7) is 0.903. The molecule has 16 atom stereocenters. The minimum Gasteiger partial charge on any atom is -0.450 e. The van der Waals surface area contributed by atoms with Gasteiger partial charge >= 0.3 is 18.5 Å². The molecule has 4 rings (SSSR count). The standard InChI is InChI=1S/2C16H33N5O5.3CH2O3/c2*1-20-7-8-3-4-9(18)16(25-8)26-15-10(19)5-11(22)13(14(15)24)21(2)12(23)6-17;3*2-1(3)4/h2*8-11,13-16,20,22,24H,3-7,17-19H2,1-2H3;3*(H2,2,3,4). The van der Waals surface area contributed by atoms with Gasteiger partial charge in [-0.25, -0.2) is 14.4 Å². The third kappa shape index (κ3) is 20.5. The van der Waals surface area contributed by atoms with Crippen molar-refractivity contribution in [3.63, 3.8) is 0 Å². The van der Waals surface area contributed by atoms with Crippen LogP contribution in [0, 0.1) is 0 Å². The van der Waals surface area contributed by atoms with Gasteiger partial charge in [0.05, 0.1) is 61.7 Å². The molecular formula is C35H72N10O19. The summed E-state index contributed by atoms with van der Waals surface area (Å²) in [6.07, 6.45) is -9.51. The van der Waals surface area contributed by atoms with Gasteiger partial charge < -0.3 is 125 Å². The van der Waals surface area contributed by atoms with E-state index in [4.69, 9.17) is 98.4 Å². The SMILES string of the molecule is CNCC1CCC(N)C(OC2C(N)CC(O)C(N(C)C(=O)CN)C2O)O1.CNCC1CCC(N)C(OC2C(N)CC(O)C(N(C)C(=O)CN)C2O)O1.O=C(O)O.O=C(O)O.O=C(O)O. The Bertz CT molecular complexity index is 1280. The molecule has 0 aromatic heterocycles. The summed E-state index contributed by atoms with van der Waals surface area (Å²) in [5.74, 6) is -0.774. The number of hydrogen-bond donors (Lipinski definition) is 18. The Kier molecular flexibility index (Phi) is 28.5. The van der Waals surface area contributed by atoms with Crippen LogP contribution in [0.15, 0.2) is 0 Å². The summed E-state index contributed by atoms with van der Waals surface area (Å²) in [4.78, 5) is 52.0. The first-order valence-electron chi connectivity index (χ1n) is 20.1. The molecule has 4 aliphatic rings. The Balaban J connectivity index is 0.000000990. The number of carbonyl (C=O) groups excluding carboxylic acids is 2. The maximum Gasteiger partial charge on any atom is 0.503 e. The number of aliphatic hydroxyl groups is 4. The monoisotopic (exact) mass is 936 g/mol. The number of likely N-dealkylation sites (N-methyl/N-ethyl adjacent to an activating group) is 4. The highest BCUT2D eigenvalue weighted by atomic mass is 16.7. The van der Waals surface area contributed by atoms with Gasteiger partial charge in [-0.15, -0.1) is 0 Å². The van der Waals surface area contributed by atoms with Gasteiger partial charge in [0.1, 0.15) is 24.4 Å². The molecule has 24 N–H and O–H groups in total. The number of carboxylic acid groups (broad SMARTS) is 6. The molecule has 64 heavy (non-hydrogen) atoms. The van der Waals surface area contributed by atoms with Crippen molar-refractivity contribution in [1.29, 1.82) is 0 Å². The number of nitrogens with zero attached hydrogens (tertiary/aromatic N) is 2. The topological polar surface area (TPSA) is 511 Å². The second-order valence-corrected chi connectivity index (χ2v) is 15.2. The molecule has 0 spiro atoms. The molecule has 0 aromatic carbocycles. The van der Waals surface area contributed by atoms with E-state index < -0.39 is 91.8 Å². The third-order valence-corrected chi connectivity index (χ3v) is 10.5. The zero-order valence-corrected chi connectivity index (χ0v) is 36.3. The average Bonchev–Trinajstić information content (AvgIpc) is 3.19. The number of rotatable bonds is 12. The van der Waals surface area contributed by atoms with E-state index in [1.807, 2.05) is 14.1 Å². The highest BCUT2D eigenvalue weighted by Gasteiger charge is 2.49. The number of ether oxygens (including phenoxy) is 4. The molecule has 2 saturated heterocycles. The maximum atomic E-state index is 11.9. The number of aliphatic hydroxyl groups excluding tert-OH is 4. The molecule has 4 fully saturated rings. The van der Waals surface area contributed by atoms with Crippen LogP contribution in [0.1, 0.15) is 38.5 Å². The smallest absolute Gasteiger partial charge is 0.450 e. The number of amides is 2. The van der Waals surface area contributed by atoms with E-state index in [0.29, 0.717) is 13.1 Å². The lowest BCUT2D eigenvalue weighted by Crippen LogP contribution is -2.66. The van der Waals surface area contributed by atoms with Crippen LogP contribution < -0.4 is 45.0 Å². The lowest BCUT2D eigenvalue weighted by Gasteiger charge is -2.47. The van der Waals surface area contributed by atoms with Crippen molar-refractivity contribution in [2.45, 2.75) is 136 Å². The van der Waals surface area contributed by atoms with Crippen molar-refractivity contribution < 1.29 is 94.0 Å². The van der Waals surface area contributed by atoms with Gasteiger partial charge in [-0.2, -0.15) is 0 Å². The molecule has 2 heterocycles. The van der Waals surface area contributed by atoms with Crippen molar-refractivity contribution in [2.75, 3.05) is 54.4 Å². The number of nitrogens with two attached hydrogens (primary N) is 6. The molecule has 2 amide bonds. The van der Waals surface area contributed by atoms with Gasteiger partial charge in [0.2, 0.25) is 11.8 Å². The quantitative estimate of drug-likeness (QED) is 0.0866. The Hall–Kier alpha value is -3.89. The van der Waals surface area contributed by atoms with Gasteiger partial charge in [-0.05, 0) is 52.6 Å². The summed E-state index contributed by atoms with van der Waals surface area (Å²) >= 11 is 0. The fraction of sp³-hybridized carbons (Fsp3) is 0.857. The van der Waals surface area contributed by atoms with Crippen LogP contribution in [0.5, 0.6) is 0 Å². The van der Waals surface area contributed by atoms with Gasteiger partial charge in [0.25, 0.3) is 0 Å².